The standard InChI is InChI=1S/C11H18N8O/c1-4-19(3)10(20)6(2)14-8-7-5-13-18-9(7)16-11(15-8)17-12/h5-6H,4,12H2,1-3H3,(H3,13,14,15,16,17,18). The van der Waals surface area contributed by atoms with Crippen LogP contribution in [0.25, 0.3) is 11.0 Å². The number of fused-ring (bicyclic) bond motifs is 1. The number of hydrogen-bond donors (Lipinski definition) is 4. The third kappa shape index (κ3) is 2.62. The molecule has 2 rings (SSSR count). The molecule has 1 amide bonds. The summed E-state index contributed by atoms with van der Waals surface area (Å²) in [5.41, 5.74) is 2.92. The van der Waals surface area contributed by atoms with Crippen LogP contribution in [0.15, 0.2) is 6.20 Å². The lowest BCUT2D eigenvalue weighted by molar-refractivity contribution is -0.130. The number of carbonyl (C=O) groups is 1. The highest BCUT2D eigenvalue weighted by molar-refractivity contribution is 5.90. The Morgan fingerprint density at radius 1 is 1.55 bits per heavy atom. The molecule has 2 heterocycles. The van der Waals surface area contributed by atoms with Gasteiger partial charge in [-0.2, -0.15) is 15.1 Å². The fourth-order valence-corrected chi connectivity index (χ4v) is 1.76. The van der Waals surface area contributed by atoms with Crippen LogP contribution in [0.4, 0.5) is 11.8 Å². The minimum atomic E-state index is -0.418. The zero-order valence-electron chi connectivity index (χ0n) is 11.6. The summed E-state index contributed by atoms with van der Waals surface area (Å²) in [6, 6.07) is -0.418. The molecule has 0 saturated carbocycles. The Kier molecular flexibility index (Phi) is 3.99. The van der Waals surface area contributed by atoms with Crippen LogP contribution in [0.3, 0.4) is 0 Å². The van der Waals surface area contributed by atoms with Crippen LogP contribution < -0.4 is 16.6 Å². The van der Waals surface area contributed by atoms with Crippen molar-refractivity contribution in [3.63, 3.8) is 0 Å². The van der Waals surface area contributed by atoms with Gasteiger partial charge < -0.3 is 10.2 Å². The Labute approximate surface area is 115 Å². The first-order chi connectivity index (χ1) is 9.56. The first kappa shape index (κ1) is 14.0. The smallest absolute Gasteiger partial charge is 0.244 e. The maximum absolute atomic E-state index is 12.1. The molecule has 0 radical (unpaired) electrons. The molecule has 0 aliphatic carbocycles. The van der Waals surface area contributed by atoms with Gasteiger partial charge in [-0.3, -0.25) is 15.3 Å². The monoisotopic (exact) mass is 278 g/mol. The molecule has 0 bridgehead atoms. The lowest BCUT2D eigenvalue weighted by atomic mass is 10.2. The van der Waals surface area contributed by atoms with Crippen molar-refractivity contribution in [2.45, 2.75) is 19.9 Å². The van der Waals surface area contributed by atoms with E-state index in [0.717, 1.165) is 0 Å². The van der Waals surface area contributed by atoms with Gasteiger partial charge in [0.2, 0.25) is 11.9 Å². The Morgan fingerprint density at radius 2 is 2.30 bits per heavy atom. The van der Waals surface area contributed by atoms with Gasteiger partial charge in [0.05, 0.1) is 11.6 Å². The van der Waals surface area contributed by atoms with E-state index in [1.54, 1.807) is 25.1 Å². The van der Waals surface area contributed by atoms with Crippen molar-refractivity contribution >= 4 is 28.7 Å². The minimum Gasteiger partial charge on any atom is -0.358 e. The van der Waals surface area contributed by atoms with Crippen molar-refractivity contribution in [1.29, 1.82) is 0 Å². The number of carbonyl (C=O) groups excluding carboxylic acids is 1. The van der Waals surface area contributed by atoms with E-state index < -0.39 is 6.04 Å². The summed E-state index contributed by atoms with van der Waals surface area (Å²) in [7, 11) is 1.75. The van der Waals surface area contributed by atoms with Crippen molar-refractivity contribution in [2.75, 3.05) is 24.3 Å². The molecular weight excluding hydrogens is 260 g/mol. The van der Waals surface area contributed by atoms with E-state index in [9.17, 15) is 4.79 Å². The number of anilines is 2. The summed E-state index contributed by atoms with van der Waals surface area (Å²) in [4.78, 5) is 22.0. The van der Waals surface area contributed by atoms with Crippen LogP contribution in [0.2, 0.25) is 0 Å². The van der Waals surface area contributed by atoms with E-state index in [1.165, 1.54) is 0 Å². The van der Waals surface area contributed by atoms with Crippen LogP contribution >= 0.6 is 0 Å². The highest BCUT2D eigenvalue weighted by Gasteiger charge is 2.18. The molecule has 9 nitrogen and oxygen atoms in total. The Balaban J connectivity index is 2.28. The first-order valence-electron chi connectivity index (χ1n) is 6.26. The second-order valence-corrected chi connectivity index (χ2v) is 4.39. The predicted octanol–water partition coefficient (Wildman–Crippen LogP) is -0.0828. The predicted molar refractivity (Wildman–Crippen MR) is 75.9 cm³/mol. The van der Waals surface area contributed by atoms with Gasteiger partial charge in [0, 0.05) is 13.6 Å². The lowest BCUT2D eigenvalue weighted by Gasteiger charge is -2.21. The van der Waals surface area contributed by atoms with Gasteiger partial charge in [0.1, 0.15) is 11.9 Å². The second-order valence-electron chi connectivity index (χ2n) is 4.39. The average molecular weight is 278 g/mol. The Morgan fingerprint density at radius 3 is 2.95 bits per heavy atom. The number of amides is 1. The first-order valence-corrected chi connectivity index (χ1v) is 6.26. The Hall–Kier alpha value is -2.42. The van der Waals surface area contributed by atoms with Gasteiger partial charge in [-0.05, 0) is 13.8 Å². The number of hydrazine groups is 1. The molecule has 1 unspecified atom stereocenters. The van der Waals surface area contributed by atoms with Gasteiger partial charge >= 0.3 is 0 Å². The fraction of sp³-hybridized carbons (Fsp3) is 0.455. The molecule has 0 aromatic carbocycles. The highest BCUT2D eigenvalue weighted by Crippen LogP contribution is 2.20. The van der Waals surface area contributed by atoms with E-state index in [2.05, 4.69) is 30.9 Å². The second kappa shape index (κ2) is 5.70. The van der Waals surface area contributed by atoms with Crippen molar-refractivity contribution in [2.24, 2.45) is 5.84 Å². The van der Waals surface area contributed by atoms with Gasteiger partial charge in [0.25, 0.3) is 0 Å². The number of nitrogens with zero attached hydrogens (tertiary/aromatic N) is 4. The van der Waals surface area contributed by atoms with Gasteiger partial charge in [-0.15, -0.1) is 0 Å². The maximum atomic E-state index is 12.1. The molecule has 2 aromatic heterocycles. The number of H-pyrrole nitrogens is 1. The molecule has 0 fully saturated rings. The third-order valence-electron chi connectivity index (χ3n) is 3.01. The zero-order valence-corrected chi connectivity index (χ0v) is 11.6. The van der Waals surface area contributed by atoms with Crippen molar-refractivity contribution in [3.05, 3.63) is 6.20 Å². The van der Waals surface area contributed by atoms with Crippen LogP contribution in [0.1, 0.15) is 13.8 Å². The van der Waals surface area contributed by atoms with Gasteiger partial charge in [-0.25, -0.2) is 5.84 Å². The molecule has 108 valence electrons. The Bertz CT molecular complexity index is 609. The number of rotatable bonds is 5. The number of aromatic amines is 1. The van der Waals surface area contributed by atoms with Crippen molar-refractivity contribution < 1.29 is 4.79 Å². The van der Waals surface area contributed by atoms with E-state index in [4.69, 9.17) is 5.84 Å². The van der Waals surface area contributed by atoms with Crippen LogP contribution in [0.5, 0.6) is 0 Å². The molecule has 1 atom stereocenters. The van der Waals surface area contributed by atoms with Gasteiger partial charge in [-0.1, -0.05) is 0 Å². The molecule has 0 aliphatic rings. The molecule has 0 spiro atoms. The molecule has 2 aromatic rings. The van der Waals surface area contributed by atoms with Crippen molar-refractivity contribution in [3.8, 4) is 0 Å². The summed E-state index contributed by atoms with van der Waals surface area (Å²) >= 11 is 0. The normalized spacial score (nSPS) is 12.2. The fourth-order valence-electron chi connectivity index (χ4n) is 1.76. The van der Waals surface area contributed by atoms with Crippen molar-refractivity contribution in [1.82, 2.24) is 25.1 Å². The number of nitrogens with one attached hydrogen (secondary N) is 3. The van der Waals surface area contributed by atoms with E-state index in [1.807, 2.05) is 6.92 Å². The quantitative estimate of drug-likeness (QED) is 0.445. The summed E-state index contributed by atoms with van der Waals surface area (Å²) in [6.45, 7) is 4.34. The number of hydrogen-bond acceptors (Lipinski definition) is 7. The zero-order chi connectivity index (χ0) is 14.7. The van der Waals surface area contributed by atoms with E-state index in [-0.39, 0.29) is 11.9 Å². The lowest BCUT2D eigenvalue weighted by Crippen LogP contribution is -2.39. The molecule has 9 heteroatoms. The minimum absolute atomic E-state index is 0.0231. The highest BCUT2D eigenvalue weighted by atomic mass is 16.2. The molecule has 0 aliphatic heterocycles. The van der Waals surface area contributed by atoms with E-state index in [0.29, 0.717) is 23.4 Å². The SMILES string of the molecule is CCN(C)C(=O)C(C)Nc1nc(NN)nc2[nH]ncc12. The van der Waals surface area contributed by atoms with E-state index >= 15 is 0 Å². The largest absolute Gasteiger partial charge is 0.358 e. The summed E-state index contributed by atoms with van der Waals surface area (Å²) in [5, 5.41) is 10.4. The number of likely N-dealkylation sites (N-methyl/N-ethyl adjacent to an activating group) is 1. The average Bonchev–Trinajstić information content (AvgIpc) is 2.93. The molecular formula is C11H18N8O. The number of nitrogens with two attached hydrogens (primary N) is 1. The molecule has 5 N–H and O–H groups in total. The maximum Gasteiger partial charge on any atom is 0.244 e. The number of aromatic nitrogens is 4. The topological polar surface area (TPSA) is 125 Å². The van der Waals surface area contributed by atoms with Crippen LogP contribution in [0, 0.1) is 0 Å². The third-order valence-corrected chi connectivity index (χ3v) is 3.01. The van der Waals surface area contributed by atoms with Gasteiger partial charge in [0.15, 0.2) is 5.65 Å². The van der Waals surface area contributed by atoms with Crippen LogP contribution in [-0.4, -0.2) is 50.6 Å². The summed E-state index contributed by atoms with van der Waals surface area (Å²) in [6.07, 6.45) is 1.60. The molecule has 0 saturated heterocycles. The number of nitrogen functional groups attached to an aromatic ring is 1. The van der Waals surface area contributed by atoms with Crippen LogP contribution in [-0.2, 0) is 4.79 Å². The summed E-state index contributed by atoms with van der Waals surface area (Å²) < 4.78 is 0. The summed E-state index contributed by atoms with van der Waals surface area (Å²) in [5.74, 6) is 6.05. The molecule has 20 heavy (non-hydrogen) atoms.